The van der Waals surface area contributed by atoms with Gasteiger partial charge in [0.25, 0.3) is 0 Å². The molecule has 2 rings (SSSR count). The van der Waals surface area contributed by atoms with E-state index in [1.165, 1.54) is 16.8 Å². The molecule has 0 aliphatic carbocycles. The summed E-state index contributed by atoms with van der Waals surface area (Å²) in [4.78, 5) is 13.3. The Kier molecular flexibility index (Phi) is 3.09. The van der Waals surface area contributed by atoms with E-state index in [4.69, 9.17) is 5.11 Å². The summed E-state index contributed by atoms with van der Waals surface area (Å²) in [5.41, 5.74) is 3.62. The van der Waals surface area contributed by atoms with Crippen LogP contribution in [-0.4, -0.2) is 23.7 Å². The fraction of sp³-hybridized carbons (Fsp3) is 0.500. The van der Waals surface area contributed by atoms with E-state index in [1.807, 2.05) is 6.92 Å². The average molecular weight is 233 g/mol. The highest BCUT2D eigenvalue weighted by molar-refractivity contribution is 5.73. The maximum atomic E-state index is 11.1. The van der Waals surface area contributed by atoms with Crippen LogP contribution < -0.4 is 4.90 Å². The van der Waals surface area contributed by atoms with Crippen molar-refractivity contribution < 1.29 is 9.90 Å². The molecule has 0 saturated carbocycles. The van der Waals surface area contributed by atoms with Crippen molar-refractivity contribution in [1.82, 2.24) is 0 Å². The quantitative estimate of drug-likeness (QED) is 0.853. The molecule has 1 fully saturated rings. The normalized spacial score (nSPS) is 24.1. The number of aryl methyl sites for hydroxylation is 2. The van der Waals surface area contributed by atoms with Crippen molar-refractivity contribution in [2.45, 2.75) is 33.2 Å². The molecule has 17 heavy (non-hydrogen) atoms. The second-order valence-corrected chi connectivity index (χ2v) is 4.96. The molecule has 1 aromatic carbocycles. The van der Waals surface area contributed by atoms with Gasteiger partial charge in [0.05, 0.1) is 5.92 Å². The Morgan fingerprint density at radius 1 is 1.41 bits per heavy atom. The molecule has 2 atom stereocenters. The minimum atomic E-state index is -0.676. The highest BCUT2D eigenvalue weighted by Crippen LogP contribution is 2.32. The van der Waals surface area contributed by atoms with Gasteiger partial charge in [-0.15, -0.1) is 0 Å². The minimum absolute atomic E-state index is 0.0769. The Morgan fingerprint density at radius 2 is 2.12 bits per heavy atom. The zero-order valence-corrected chi connectivity index (χ0v) is 10.6. The molecule has 1 aromatic rings. The van der Waals surface area contributed by atoms with E-state index >= 15 is 0 Å². The predicted molar refractivity (Wildman–Crippen MR) is 68.5 cm³/mol. The first-order valence-corrected chi connectivity index (χ1v) is 6.07. The molecule has 1 aliphatic rings. The molecule has 1 heterocycles. The summed E-state index contributed by atoms with van der Waals surface area (Å²) < 4.78 is 0. The number of carbonyl (C=O) groups is 1. The lowest BCUT2D eigenvalue weighted by Gasteiger charge is -2.27. The zero-order chi connectivity index (χ0) is 12.6. The van der Waals surface area contributed by atoms with Crippen LogP contribution in [0.5, 0.6) is 0 Å². The van der Waals surface area contributed by atoms with Gasteiger partial charge < -0.3 is 10.0 Å². The van der Waals surface area contributed by atoms with Gasteiger partial charge in [-0.05, 0) is 44.4 Å². The molecule has 3 nitrogen and oxygen atoms in total. The maximum absolute atomic E-state index is 11.1. The molecule has 3 heteroatoms. The number of rotatable bonds is 2. The van der Waals surface area contributed by atoms with Gasteiger partial charge in [-0.3, -0.25) is 4.79 Å². The lowest BCUT2D eigenvalue weighted by molar-refractivity contribution is -0.141. The highest BCUT2D eigenvalue weighted by atomic mass is 16.4. The molecule has 0 radical (unpaired) electrons. The van der Waals surface area contributed by atoms with Gasteiger partial charge >= 0.3 is 5.97 Å². The van der Waals surface area contributed by atoms with E-state index in [9.17, 15) is 4.79 Å². The molecule has 0 aromatic heterocycles. The standard InChI is InChI=1S/C14H19NO2/c1-9-4-5-10(2)13(8-9)15-7-6-12(11(15)3)14(16)17/h4-5,8,11-12H,6-7H2,1-3H3,(H,16,17). The van der Waals surface area contributed by atoms with Crippen LogP contribution in [0.4, 0.5) is 5.69 Å². The molecule has 0 amide bonds. The lowest BCUT2D eigenvalue weighted by Crippen LogP contribution is -2.33. The number of carboxylic acid groups (broad SMARTS) is 1. The van der Waals surface area contributed by atoms with E-state index in [0.29, 0.717) is 0 Å². The number of hydrogen-bond acceptors (Lipinski definition) is 2. The molecule has 0 spiro atoms. The topological polar surface area (TPSA) is 40.5 Å². The van der Waals surface area contributed by atoms with Crippen LogP contribution in [0.15, 0.2) is 18.2 Å². The maximum Gasteiger partial charge on any atom is 0.308 e. The summed E-state index contributed by atoms with van der Waals surface area (Å²) in [5, 5.41) is 9.15. The third kappa shape index (κ3) is 2.14. The fourth-order valence-electron chi connectivity index (χ4n) is 2.64. The Morgan fingerprint density at radius 3 is 2.71 bits per heavy atom. The Balaban J connectivity index is 2.30. The molecule has 0 bridgehead atoms. The molecule has 1 aliphatic heterocycles. The summed E-state index contributed by atoms with van der Waals surface area (Å²) in [5.74, 6) is -0.916. The second-order valence-electron chi connectivity index (χ2n) is 4.96. The van der Waals surface area contributed by atoms with Crippen molar-refractivity contribution >= 4 is 11.7 Å². The lowest BCUT2D eigenvalue weighted by atomic mass is 10.0. The summed E-state index contributed by atoms with van der Waals surface area (Å²) >= 11 is 0. The van der Waals surface area contributed by atoms with Gasteiger partial charge in [-0.2, -0.15) is 0 Å². The predicted octanol–water partition coefficient (Wildman–Crippen LogP) is 2.60. The van der Waals surface area contributed by atoms with E-state index in [-0.39, 0.29) is 12.0 Å². The van der Waals surface area contributed by atoms with Gasteiger partial charge in [0, 0.05) is 18.3 Å². The van der Waals surface area contributed by atoms with E-state index in [2.05, 4.69) is 36.9 Å². The van der Waals surface area contributed by atoms with Gasteiger partial charge in [0.2, 0.25) is 0 Å². The van der Waals surface area contributed by atoms with Crippen molar-refractivity contribution in [3.63, 3.8) is 0 Å². The Hall–Kier alpha value is -1.51. The van der Waals surface area contributed by atoms with Crippen LogP contribution in [-0.2, 0) is 4.79 Å². The van der Waals surface area contributed by atoms with E-state index in [1.54, 1.807) is 0 Å². The third-order valence-corrected chi connectivity index (χ3v) is 3.75. The fourth-order valence-corrected chi connectivity index (χ4v) is 2.64. The Labute approximate surface area is 102 Å². The Bertz CT molecular complexity index is 442. The number of nitrogens with zero attached hydrogens (tertiary/aromatic N) is 1. The van der Waals surface area contributed by atoms with Crippen LogP contribution in [0.25, 0.3) is 0 Å². The zero-order valence-electron chi connectivity index (χ0n) is 10.6. The van der Waals surface area contributed by atoms with Crippen molar-refractivity contribution in [2.75, 3.05) is 11.4 Å². The smallest absolute Gasteiger partial charge is 0.308 e. The van der Waals surface area contributed by atoms with E-state index < -0.39 is 5.97 Å². The van der Waals surface area contributed by atoms with Crippen molar-refractivity contribution in [2.24, 2.45) is 5.92 Å². The number of hydrogen-bond donors (Lipinski definition) is 1. The first-order chi connectivity index (χ1) is 8.00. The molecule has 92 valence electrons. The van der Waals surface area contributed by atoms with Gasteiger partial charge in [-0.25, -0.2) is 0 Å². The van der Waals surface area contributed by atoms with Gasteiger partial charge in [-0.1, -0.05) is 12.1 Å². The van der Waals surface area contributed by atoms with Crippen molar-refractivity contribution in [1.29, 1.82) is 0 Å². The van der Waals surface area contributed by atoms with Crippen molar-refractivity contribution in [3.8, 4) is 0 Å². The molecule has 2 unspecified atom stereocenters. The first-order valence-electron chi connectivity index (χ1n) is 6.07. The summed E-state index contributed by atoms with van der Waals surface area (Å²) in [7, 11) is 0. The number of anilines is 1. The molecular weight excluding hydrogens is 214 g/mol. The summed E-state index contributed by atoms with van der Waals surface area (Å²) in [6.45, 7) is 6.99. The molecular formula is C14H19NO2. The van der Waals surface area contributed by atoms with Crippen LogP contribution >= 0.6 is 0 Å². The third-order valence-electron chi connectivity index (χ3n) is 3.75. The SMILES string of the molecule is Cc1ccc(C)c(N2CCC(C(=O)O)C2C)c1. The minimum Gasteiger partial charge on any atom is -0.481 e. The number of aliphatic carboxylic acids is 1. The second kappa shape index (κ2) is 4.40. The number of carboxylic acids is 1. The molecule has 1 N–H and O–H groups in total. The van der Waals surface area contributed by atoms with Crippen LogP contribution in [0.3, 0.4) is 0 Å². The highest BCUT2D eigenvalue weighted by Gasteiger charge is 2.36. The monoisotopic (exact) mass is 233 g/mol. The first kappa shape index (κ1) is 12.0. The molecule has 1 saturated heterocycles. The van der Waals surface area contributed by atoms with Crippen LogP contribution in [0.2, 0.25) is 0 Å². The number of benzene rings is 1. The largest absolute Gasteiger partial charge is 0.481 e. The summed E-state index contributed by atoms with van der Waals surface area (Å²) in [6.07, 6.45) is 0.740. The average Bonchev–Trinajstić information content (AvgIpc) is 2.64. The van der Waals surface area contributed by atoms with Gasteiger partial charge in [0.15, 0.2) is 0 Å². The van der Waals surface area contributed by atoms with E-state index in [0.717, 1.165) is 13.0 Å². The summed E-state index contributed by atoms with van der Waals surface area (Å²) in [6, 6.07) is 6.42. The van der Waals surface area contributed by atoms with Crippen LogP contribution in [0, 0.1) is 19.8 Å². The van der Waals surface area contributed by atoms with Crippen LogP contribution in [0.1, 0.15) is 24.5 Å². The van der Waals surface area contributed by atoms with Crippen molar-refractivity contribution in [3.05, 3.63) is 29.3 Å². The van der Waals surface area contributed by atoms with Gasteiger partial charge in [0.1, 0.15) is 0 Å².